The largest absolute Gasteiger partial charge is 0.356 e. The number of nitrogens with one attached hydrogen (secondary N) is 1. The molecule has 0 radical (unpaired) electrons. The minimum absolute atomic E-state index is 0.0842. The minimum Gasteiger partial charge on any atom is -0.356 e. The summed E-state index contributed by atoms with van der Waals surface area (Å²) in [4.78, 5) is 12.8. The summed E-state index contributed by atoms with van der Waals surface area (Å²) < 4.78 is 0. The molecule has 1 N–H and O–H groups in total. The lowest BCUT2D eigenvalue weighted by Gasteiger charge is -2.08. The average Bonchev–Trinajstić information content (AvgIpc) is 2.29. The number of carbonyl (C=O) groups excluding carboxylic acids is 1. The van der Waals surface area contributed by atoms with Crippen molar-refractivity contribution in [2.75, 3.05) is 27.2 Å². The molecule has 0 saturated carbocycles. The van der Waals surface area contributed by atoms with Gasteiger partial charge in [0.2, 0.25) is 5.91 Å². The zero-order chi connectivity index (χ0) is 13.5. The van der Waals surface area contributed by atoms with Gasteiger partial charge in [0.25, 0.3) is 0 Å². The van der Waals surface area contributed by atoms with Crippen LogP contribution < -0.4 is 5.32 Å². The van der Waals surface area contributed by atoms with Crippen LogP contribution in [-0.2, 0) is 4.79 Å². The first-order chi connectivity index (χ1) is 8.13. The van der Waals surface area contributed by atoms with Gasteiger partial charge in [-0.05, 0) is 33.5 Å². The van der Waals surface area contributed by atoms with E-state index < -0.39 is 0 Å². The monoisotopic (exact) mass is 244 g/mol. The van der Waals surface area contributed by atoms with Gasteiger partial charge < -0.3 is 10.2 Å². The van der Waals surface area contributed by atoms with Gasteiger partial charge >= 0.3 is 0 Å². The van der Waals surface area contributed by atoms with Gasteiger partial charge in [0.05, 0.1) is 0 Å². The maximum Gasteiger partial charge on any atom is 0.216 e. The summed E-state index contributed by atoms with van der Waals surface area (Å²) in [5.41, 5.74) is 0. The summed E-state index contributed by atoms with van der Waals surface area (Å²) in [6.07, 6.45) is 7.62. The van der Waals surface area contributed by atoms with Gasteiger partial charge in [-0.2, -0.15) is 0 Å². The van der Waals surface area contributed by atoms with Gasteiger partial charge in [-0.3, -0.25) is 4.79 Å². The van der Waals surface area contributed by atoms with Gasteiger partial charge in [0, 0.05) is 13.5 Å². The maximum absolute atomic E-state index is 10.6. The molecule has 0 aliphatic heterocycles. The van der Waals surface area contributed by atoms with Crippen LogP contribution in [0, 0.1) is 0 Å². The number of amides is 1. The normalized spacial score (nSPS) is 9.76. The molecule has 0 bridgehead atoms. The summed E-state index contributed by atoms with van der Waals surface area (Å²) in [7, 11) is 4.24. The summed E-state index contributed by atoms with van der Waals surface area (Å²) in [5, 5.41) is 2.82. The molecule has 3 nitrogen and oxygen atoms in total. The van der Waals surface area contributed by atoms with Gasteiger partial charge in [0.1, 0.15) is 0 Å². The topological polar surface area (TPSA) is 32.3 Å². The highest BCUT2D eigenvalue weighted by Crippen LogP contribution is 2.05. The van der Waals surface area contributed by atoms with Crippen molar-refractivity contribution in [1.82, 2.24) is 10.2 Å². The molecule has 0 saturated heterocycles. The Balaban J connectivity index is 0. The number of hydrogen-bond donors (Lipinski definition) is 1. The van der Waals surface area contributed by atoms with E-state index in [1.165, 1.54) is 38.6 Å². The first-order valence-electron chi connectivity index (χ1n) is 7.02. The van der Waals surface area contributed by atoms with Gasteiger partial charge in [-0.15, -0.1) is 0 Å². The Bertz CT molecular complexity index is 158. The van der Waals surface area contributed by atoms with Crippen LogP contribution in [0.5, 0.6) is 0 Å². The third-order valence-corrected chi connectivity index (χ3v) is 2.41. The highest BCUT2D eigenvalue weighted by Gasteiger charge is 1.93. The molecular formula is C14H32N2O. The fourth-order valence-electron chi connectivity index (χ4n) is 1.52. The summed E-state index contributed by atoms with van der Waals surface area (Å²) in [6, 6.07) is 0. The number of carbonyl (C=O) groups is 1. The van der Waals surface area contributed by atoms with Crippen LogP contribution in [0.3, 0.4) is 0 Å². The lowest BCUT2D eigenvalue weighted by Crippen LogP contribution is -2.20. The molecule has 3 heteroatoms. The van der Waals surface area contributed by atoms with Crippen molar-refractivity contribution in [3.05, 3.63) is 0 Å². The predicted molar refractivity (Wildman–Crippen MR) is 76.3 cm³/mol. The first kappa shape index (κ1) is 18.8. The Kier molecular flexibility index (Phi) is 17.1. The third kappa shape index (κ3) is 21.3. The lowest BCUT2D eigenvalue weighted by atomic mass is 10.1. The van der Waals surface area contributed by atoms with E-state index in [9.17, 15) is 4.79 Å². The van der Waals surface area contributed by atoms with Crippen molar-refractivity contribution in [1.29, 1.82) is 0 Å². The van der Waals surface area contributed by atoms with Gasteiger partial charge in [-0.25, -0.2) is 0 Å². The van der Waals surface area contributed by atoms with E-state index in [2.05, 4.69) is 24.3 Å². The van der Waals surface area contributed by atoms with Crippen LogP contribution in [-0.4, -0.2) is 38.0 Å². The van der Waals surface area contributed by atoms with E-state index in [1.54, 1.807) is 6.92 Å². The Labute approximate surface area is 108 Å². The number of rotatable bonds is 9. The second-order valence-corrected chi connectivity index (χ2v) is 4.41. The van der Waals surface area contributed by atoms with Crippen LogP contribution >= 0.6 is 0 Å². The molecular weight excluding hydrogens is 212 g/mol. The Morgan fingerprint density at radius 3 is 1.88 bits per heavy atom. The zero-order valence-electron chi connectivity index (χ0n) is 12.5. The second-order valence-electron chi connectivity index (χ2n) is 4.41. The zero-order valence-corrected chi connectivity index (χ0v) is 12.5. The Hall–Kier alpha value is -0.570. The number of nitrogens with zero attached hydrogens (tertiary/aromatic N) is 1. The molecule has 0 rings (SSSR count). The molecule has 0 aromatic carbocycles. The van der Waals surface area contributed by atoms with Crippen LogP contribution in [0.25, 0.3) is 0 Å². The summed E-state index contributed by atoms with van der Waals surface area (Å²) >= 11 is 0. The van der Waals surface area contributed by atoms with Crippen molar-refractivity contribution in [2.24, 2.45) is 0 Å². The predicted octanol–water partition coefficient (Wildman–Crippen LogP) is 3.05. The molecule has 0 spiro atoms. The van der Waals surface area contributed by atoms with Crippen LogP contribution in [0.15, 0.2) is 0 Å². The Morgan fingerprint density at radius 1 is 0.941 bits per heavy atom. The van der Waals surface area contributed by atoms with E-state index in [-0.39, 0.29) is 5.91 Å². The SMILES string of the molecule is CC.CC(=O)NCCCCCCCCN(C)C. The number of unbranched alkanes of at least 4 members (excludes halogenated alkanes) is 5. The van der Waals surface area contributed by atoms with Gasteiger partial charge in [-0.1, -0.05) is 39.5 Å². The molecule has 0 fully saturated rings. The molecule has 17 heavy (non-hydrogen) atoms. The number of hydrogen-bond acceptors (Lipinski definition) is 2. The minimum atomic E-state index is 0.0842. The van der Waals surface area contributed by atoms with Crippen molar-refractivity contribution in [3.63, 3.8) is 0 Å². The fourth-order valence-corrected chi connectivity index (χ4v) is 1.52. The highest BCUT2D eigenvalue weighted by atomic mass is 16.1. The lowest BCUT2D eigenvalue weighted by molar-refractivity contribution is -0.118. The highest BCUT2D eigenvalue weighted by molar-refractivity contribution is 5.72. The molecule has 0 unspecified atom stereocenters. The Morgan fingerprint density at radius 2 is 1.41 bits per heavy atom. The average molecular weight is 244 g/mol. The smallest absolute Gasteiger partial charge is 0.216 e. The molecule has 0 aliphatic rings. The third-order valence-electron chi connectivity index (χ3n) is 2.41. The molecule has 1 amide bonds. The van der Waals surface area contributed by atoms with E-state index in [1.807, 2.05) is 13.8 Å². The maximum atomic E-state index is 10.6. The molecule has 0 aliphatic carbocycles. The first-order valence-corrected chi connectivity index (χ1v) is 7.02. The van der Waals surface area contributed by atoms with E-state index >= 15 is 0 Å². The van der Waals surface area contributed by atoms with Crippen LogP contribution in [0.1, 0.15) is 59.3 Å². The van der Waals surface area contributed by atoms with Crippen molar-refractivity contribution < 1.29 is 4.79 Å². The van der Waals surface area contributed by atoms with E-state index in [4.69, 9.17) is 0 Å². The van der Waals surface area contributed by atoms with Gasteiger partial charge in [0.15, 0.2) is 0 Å². The molecule has 0 aromatic rings. The molecule has 0 atom stereocenters. The molecule has 0 aromatic heterocycles. The van der Waals surface area contributed by atoms with Crippen LogP contribution in [0.4, 0.5) is 0 Å². The standard InChI is InChI=1S/C12H26N2O.C2H6/c1-12(15)13-10-8-6-4-5-7-9-11-14(2)3;1-2/h4-11H2,1-3H3,(H,13,15);1-2H3. The van der Waals surface area contributed by atoms with E-state index in [0.717, 1.165) is 13.0 Å². The van der Waals surface area contributed by atoms with Crippen molar-refractivity contribution in [3.8, 4) is 0 Å². The molecule has 104 valence electrons. The summed E-state index contributed by atoms with van der Waals surface area (Å²) in [5.74, 6) is 0.0842. The fraction of sp³-hybridized carbons (Fsp3) is 0.929. The van der Waals surface area contributed by atoms with Crippen LogP contribution in [0.2, 0.25) is 0 Å². The van der Waals surface area contributed by atoms with Crippen molar-refractivity contribution in [2.45, 2.75) is 59.3 Å². The second kappa shape index (κ2) is 15.4. The van der Waals surface area contributed by atoms with Crippen molar-refractivity contribution >= 4 is 5.91 Å². The summed E-state index contributed by atoms with van der Waals surface area (Å²) in [6.45, 7) is 7.61. The molecule has 0 heterocycles. The van der Waals surface area contributed by atoms with E-state index in [0.29, 0.717) is 0 Å². The quantitative estimate of drug-likeness (QED) is 0.632.